The Morgan fingerprint density at radius 1 is 0.781 bits per heavy atom. The van der Waals surface area contributed by atoms with Crippen LogP contribution in [0, 0.1) is 17.9 Å². The molecular weight excluding hydrogens is 397 g/mol. The molecule has 0 aromatic heterocycles. The van der Waals surface area contributed by atoms with Gasteiger partial charge in [-0.1, -0.05) is 18.2 Å². The molecule has 5 nitrogen and oxygen atoms in total. The van der Waals surface area contributed by atoms with Gasteiger partial charge in [0.15, 0.2) is 5.69 Å². The molecule has 3 aliphatic rings. The summed E-state index contributed by atoms with van der Waals surface area (Å²) in [6.07, 6.45) is 0. The topological polar surface area (TPSA) is 49.9 Å². The van der Waals surface area contributed by atoms with Crippen LogP contribution in [0.25, 0.3) is 4.85 Å². The van der Waals surface area contributed by atoms with E-state index < -0.39 is 0 Å². The first kappa shape index (κ1) is 17.1. The van der Waals surface area contributed by atoms with Gasteiger partial charge in [-0.2, -0.15) is 5.26 Å². The highest BCUT2D eigenvalue weighted by Gasteiger charge is 2.47. The molecule has 0 fully saturated rings. The fourth-order valence-corrected chi connectivity index (χ4v) is 5.13. The lowest BCUT2D eigenvalue weighted by Gasteiger charge is -2.42. The first-order valence-corrected chi connectivity index (χ1v) is 10.2. The molecule has 0 saturated heterocycles. The summed E-state index contributed by atoms with van der Waals surface area (Å²) >= 11 is 0. The van der Waals surface area contributed by atoms with Crippen LogP contribution in [-0.4, -0.2) is 6.71 Å². The number of rotatable bonds is 1. The fourth-order valence-electron chi connectivity index (χ4n) is 5.13. The zero-order valence-electron chi connectivity index (χ0n) is 16.7. The molecule has 0 radical (unpaired) electrons. The van der Waals surface area contributed by atoms with Gasteiger partial charge in [-0.05, 0) is 65.5 Å². The molecule has 0 bridgehead atoms. The van der Waals surface area contributed by atoms with Gasteiger partial charge in [0.1, 0.15) is 23.0 Å². The molecule has 0 N–H and O–H groups in total. The lowest BCUT2D eigenvalue weighted by atomic mass is 9.33. The number of benzene rings is 4. The average Bonchev–Trinajstić information content (AvgIpc) is 2.84. The number of nitrogens with zero attached hydrogens (tertiary/aromatic N) is 3. The van der Waals surface area contributed by atoms with Crippen molar-refractivity contribution in [1.82, 2.24) is 0 Å². The Kier molecular flexibility index (Phi) is 3.16. The molecule has 3 aliphatic heterocycles. The monoisotopic (exact) mass is 409 g/mol. The van der Waals surface area contributed by atoms with E-state index in [1.54, 1.807) is 6.07 Å². The second kappa shape index (κ2) is 5.94. The molecule has 0 atom stereocenters. The van der Waals surface area contributed by atoms with E-state index in [0.29, 0.717) is 11.3 Å². The van der Waals surface area contributed by atoms with E-state index in [4.69, 9.17) is 16.0 Å². The standard InChI is InChI=1S/C26H12BN3O2/c1-29-16-11-15(14-28)12-17(13-16)30-18-5-2-7-20-24(18)27-25-19(30)6-3-8-21(25)32-23-10-4-9-22(31-20)26(23)27/h2-13H. The van der Waals surface area contributed by atoms with E-state index in [-0.39, 0.29) is 6.71 Å². The number of hydrogen-bond donors (Lipinski definition) is 0. The van der Waals surface area contributed by atoms with Gasteiger partial charge in [-0.3, -0.25) is 0 Å². The highest BCUT2D eigenvalue weighted by atomic mass is 16.5. The highest BCUT2D eigenvalue weighted by molar-refractivity contribution is 7.00. The number of nitriles is 1. The van der Waals surface area contributed by atoms with E-state index in [1.165, 1.54) is 0 Å². The third-order valence-corrected chi connectivity index (χ3v) is 6.32. The SMILES string of the molecule is [C-]#[N+]c1cc(C#N)cc(N2c3cccc4c3B3c5c(cccc5Oc5cccc2c53)O4)c1. The largest absolute Gasteiger partial charge is 0.458 e. The van der Waals surface area contributed by atoms with E-state index >= 15 is 0 Å². The Morgan fingerprint density at radius 3 is 1.91 bits per heavy atom. The van der Waals surface area contributed by atoms with Crippen molar-refractivity contribution < 1.29 is 9.47 Å². The molecule has 4 aromatic rings. The van der Waals surface area contributed by atoms with Gasteiger partial charge in [0.25, 0.3) is 6.71 Å². The lowest BCUT2D eigenvalue weighted by Crippen LogP contribution is -2.61. The zero-order chi connectivity index (χ0) is 21.4. The van der Waals surface area contributed by atoms with Crippen LogP contribution in [0.2, 0.25) is 0 Å². The summed E-state index contributed by atoms with van der Waals surface area (Å²) in [6.45, 7) is 7.50. The summed E-state index contributed by atoms with van der Waals surface area (Å²) in [5.41, 5.74) is 6.78. The second-order valence-electron chi connectivity index (χ2n) is 7.98. The van der Waals surface area contributed by atoms with Crippen molar-refractivity contribution in [2.75, 3.05) is 4.90 Å². The van der Waals surface area contributed by atoms with Crippen molar-refractivity contribution in [3.05, 3.63) is 89.8 Å². The van der Waals surface area contributed by atoms with Crippen LogP contribution in [0.5, 0.6) is 23.0 Å². The molecule has 0 unspecified atom stereocenters. The molecule has 3 heterocycles. The fraction of sp³-hybridized carbons (Fsp3) is 0. The van der Waals surface area contributed by atoms with Gasteiger partial charge >= 0.3 is 0 Å². The quantitative estimate of drug-likeness (QED) is 0.293. The van der Waals surface area contributed by atoms with Gasteiger partial charge in [-0.25, -0.2) is 4.85 Å². The molecule has 4 aromatic carbocycles. The summed E-state index contributed by atoms with van der Waals surface area (Å²) in [7, 11) is 0. The van der Waals surface area contributed by atoms with E-state index in [9.17, 15) is 5.26 Å². The minimum Gasteiger partial charge on any atom is -0.458 e. The normalized spacial score (nSPS) is 13.3. The Bertz CT molecular complexity index is 1470. The smallest absolute Gasteiger partial charge is 0.266 e. The summed E-state index contributed by atoms with van der Waals surface area (Å²) < 4.78 is 12.6. The number of ether oxygens (including phenoxy) is 2. The van der Waals surface area contributed by atoms with Crippen molar-refractivity contribution in [2.45, 2.75) is 0 Å². The van der Waals surface area contributed by atoms with Gasteiger partial charge in [0, 0.05) is 28.1 Å². The average molecular weight is 409 g/mol. The van der Waals surface area contributed by atoms with Crippen LogP contribution in [0.15, 0.2) is 72.8 Å². The highest BCUT2D eigenvalue weighted by Crippen LogP contribution is 2.45. The van der Waals surface area contributed by atoms with Gasteiger partial charge in [0.05, 0.1) is 12.6 Å². The summed E-state index contributed by atoms with van der Waals surface area (Å²) in [5, 5.41) is 9.55. The molecular formula is C26H12BN3O2. The van der Waals surface area contributed by atoms with E-state index in [0.717, 1.165) is 56.4 Å². The minimum atomic E-state index is -0.00293. The molecule has 7 rings (SSSR count). The Morgan fingerprint density at radius 2 is 1.34 bits per heavy atom. The van der Waals surface area contributed by atoms with Crippen LogP contribution in [0.1, 0.15) is 5.56 Å². The molecule has 6 heteroatoms. The van der Waals surface area contributed by atoms with Crippen molar-refractivity contribution in [2.24, 2.45) is 0 Å². The van der Waals surface area contributed by atoms with Crippen LogP contribution < -0.4 is 30.8 Å². The van der Waals surface area contributed by atoms with E-state index in [1.807, 2.05) is 54.6 Å². The molecule has 0 saturated carbocycles. The number of hydrogen-bond acceptors (Lipinski definition) is 4. The van der Waals surface area contributed by atoms with Crippen LogP contribution >= 0.6 is 0 Å². The Labute approximate surface area is 184 Å². The van der Waals surface area contributed by atoms with Gasteiger partial charge in [0.2, 0.25) is 0 Å². The minimum absolute atomic E-state index is 0.00293. The van der Waals surface area contributed by atoms with Crippen molar-refractivity contribution in [3.8, 4) is 29.1 Å². The predicted molar refractivity (Wildman–Crippen MR) is 123 cm³/mol. The van der Waals surface area contributed by atoms with Crippen LogP contribution in [0.3, 0.4) is 0 Å². The summed E-state index contributed by atoms with van der Waals surface area (Å²) in [4.78, 5) is 5.69. The maximum absolute atomic E-state index is 9.55. The number of anilines is 3. The van der Waals surface area contributed by atoms with Gasteiger partial charge < -0.3 is 14.4 Å². The summed E-state index contributed by atoms with van der Waals surface area (Å²) in [5.74, 6) is 3.25. The zero-order valence-corrected chi connectivity index (χ0v) is 16.7. The molecule has 0 amide bonds. The van der Waals surface area contributed by atoms with E-state index in [2.05, 4.69) is 27.9 Å². The summed E-state index contributed by atoms with van der Waals surface area (Å²) in [6, 6.07) is 25.4. The first-order valence-electron chi connectivity index (χ1n) is 10.2. The van der Waals surface area contributed by atoms with Crippen LogP contribution in [-0.2, 0) is 0 Å². The van der Waals surface area contributed by atoms with Crippen molar-refractivity contribution in [1.29, 1.82) is 5.26 Å². The maximum Gasteiger partial charge on any atom is 0.266 e. The third-order valence-electron chi connectivity index (χ3n) is 6.32. The second-order valence-corrected chi connectivity index (χ2v) is 7.98. The maximum atomic E-state index is 9.55. The molecule has 0 aliphatic carbocycles. The van der Waals surface area contributed by atoms with Gasteiger partial charge in [-0.15, -0.1) is 0 Å². The van der Waals surface area contributed by atoms with Crippen LogP contribution in [0.4, 0.5) is 22.7 Å². The van der Waals surface area contributed by atoms with Crippen molar-refractivity contribution >= 4 is 45.9 Å². The molecule has 0 spiro atoms. The lowest BCUT2D eigenvalue weighted by molar-refractivity contribution is 0.464. The Hall–Kier alpha value is -4.68. The van der Waals surface area contributed by atoms with Crippen molar-refractivity contribution in [3.63, 3.8) is 0 Å². The Balaban J connectivity index is 1.59. The molecule has 146 valence electrons. The molecule has 32 heavy (non-hydrogen) atoms. The first-order chi connectivity index (χ1) is 15.8. The third kappa shape index (κ3) is 2.06. The predicted octanol–water partition coefficient (Wildman–Crippen LogP) is 4.62.